The molecule has 1 saturated heterocycles. The van der Waals surface area contributed by atoms with Crippen LogP contribution in [0.25, 0.3) is 11.0 Å². The molecule has 1 amide bonds. The topological polar surface area (TPSA) is 106 Å². The van der Waals surface area contributed by atoms with Gasteiger partial charge in [-0.1, -0.05) is 37.1 Å². The van der Waals surface area contributed by atoms with Crippen molar-refractivity contribution < 1.29 is 27.2 Å². The zero-order chi connectivity index (χ0) is 23.4. The van der Waals surface area contributed by atoms with Gasteiger partial charge in [0, 0.05) is 29.7 Å². The van der Waals surface area contributed by atoms with E-state index in [0.717, 1.165) is 31.1 Å². The molecular weight excluding hydrogens is 444 g/mol. The van der Waals surface area contributed by atoms with E-state index in [9.17, 15) is 18.0 Å². The summed E-state index contributed by atoms with van der Waals surface area (Å²) < 4.78 is 38.1. The second-order valence-electron chi connectivity index (χ2n) is 8.02. The Labute approximate surface area is 192 Å². The predicted molar refractivity (Wildman–Crippen MR) is 124 cm³/mol. The molecule has 1 aliphatic heterocycles. The quantitative estimate of drug-likeness (QED) is 0.544. The Kier molecular flexibility index (Phi) is 6.80. The minimum atomic E-state index is -3.64. The Morgan fingerprint density at radius 3 is 2.48 bits per heavy atom. The van der Waals surface area contributed by atoms with Crippen LogP contribution in [0.1, 0.15) is 41.8 Å². The van der Waals surface area contributed by atoms with Crippen molar-refractivity contribution in [2.45, 2.75) is 37.5 Å². The van der Waals surface area contributed by atoms with Crippen LogP contribution in [0.4, 0.5) is 5.69 Å². The molecule has 0 unspecified atom stereocenters. The maximum absolute atomic E-state index is 13.0. The number of amides is 1. The van der Waals surface area contributed by atoms with Gasteiger partial charge in [-0.15, -0.1) is 0 Å². The molecular formula is C24H26N2O6S. The molecule has 4 rings (SSSR count). The van der Waals surface area contributed by atoms with Crippen molar-refractivity contribution in [2.24, 2.45) is 0 Å². The predicted octanol–water partition coefficient (Wildman–Crippen LogP) is 4.10. The molecule has 2 heterocycles. The SMILES string of the molecule is Cc1c(C(=O)OCC(=O)Nc2cccc(S(=O)(=O)N3CCCCCC3)c2)oc2ccccc12. The highest BCUT2D eigenvalue weighted by atomic mass is 32.2. The van der Waals surface area contributed by atoms with Gasteiger partial charge < -0.3 is 14.5 Å². The van der Waals surface area contributed by atoms with Crippen molar-refractivity contribution >= 4 is 38.6 Å². The second kappa shape index (κ2) is 9.76. The van der Waals surface area contributed by atoms with E-state index < -0.39 is 28.5 Å². The van der Waals surface area contributed by atoms with Gasteiger partial charge in [0.05, 0.1) is 4.90 Å². The van der Waals surface area contributed by atoms with Gasteiger partial charge in [0.15, 0.2) is 6.61 Å². The number of carbonyl (C=O) groups is 2. The number of fused-ring (bicyclic) bond motifs is 1. The third-order valence-corrected chi connectivity index (χ3v) is 7.58. The average molecular weight is 471 g/mol. The molecule has 0 bridgehead atoms. The summed E-state index contributed by atoms with van der Waals surface area (Å²) in [6.07, 6.45) is 3.72. The number of nitrogens with one attached hydrogen (secondary N) is 1. The number of rotatable bonds is 6. The van der Waals surface area contributed by atoms with Crippen molar-refractivity contribution in [3.8, 4) is 0 Å². The van der Waals surface area contributed by atoms with Gasteiger partial charge >= 0.3 is 5.97 Å². The highest BCUT2D eigenvalue weighted by molar-refractivity contribution is 7.89. The van der Waals surface area contributed by atoms with Crippen LogP contribution in [-0.2, 0) is 19.6 Å². The van der Waals surface area contributed by atoms with Crippen LogP contribution in [-0.4, -0.2) is 44.3 Å². The largest absolute Gasteiger partial charge is 0.450 e. The average Bonchev–Trinajstić information content (AvgIpc) is 2.97. The number of aryl methyl sites for hydroxylation is 1. The zero-order valence-corrected chi connectivity index (χ0v) is 19.2. The molecule has 2 aromatic carbocycles. The molecule has 0 atom stereocenters. The Morgan fingerprint density at radius 2 is 1.76 bits per heavy atom. The van der Waals surface area contributed by atoms with Gasteiger partial charge in [0.25, 0.3) is 5.91 Å². The number of hydrogen-bond acceptors (Lipinski definition) is 6. The van der Waals surface area contributed by atoms with Gasteiger partial charge in [-0.25, -0.2) is 13.2 Å². The second-order valence-corrected chi connectivity index (χ2v) is 9.96. The fourth-order valence-electron chi connectivity index (χ4n) is 3.93. The number of furan rings is 1. The molecule has 0 aliphatic carbocycles. The first-order chi connectivity index (χ1) is 15.9. The van der Waals surface area contributed by atoms with Crippen LogP contribution < -0.4 is 5.32 Å². The first-order valence-corrected chi connectivity index (χ1v) is 12.4. The number of sulfonamides is 1. The van der Waals surface area contributed by atoms with Crippen molar-refractivity contribution in [1.29, 1.82) is 0 Å². The molecule has 1 aliphatic rings. The zero-order valence-electron chi connectivity index (χ0n) is 18.4. The van der Waals surface area contributed by atoms with E-state index in [1.807, 2.05) is 12.1 Å². The van der Waals surface area contributed by atoms with E-state index in [4.69, 9.17) is 9.15 Å². The molecule has 1 N–H and O–H groups in total. The lowest BCUT2D eigenvalue weighted by atomic mass is 10.1. The summed E-state index contributed by atoms with van der Waals surface area (Å²) in [6.45, 7) is 2.21. The van der Waals surface area contributed by atoms with Gasteiger partial charge in [0.1, 0.15) is 5.58 Å². The highest BCUT2D eigenvalue weighted by Gasteiger charge is 2.25. The van der Waals surface area contributed by atoms with Crippen LogP contribution in [0.2, 0.25) is 0 Å². The molecule has 0 radical (unpaired) electrons. The lowest BCUT2D eigenvalue weighted by Crippen LogP contribution is -2.32. The third-order valence-electron chi connectivity index (χ3n) is 5.68. The third kappa shape index (κ3) is 5.09. The number of esters is 1. The molecule has 9 heteroatoms. The summed E-state index contributed by atoms with van der Waals surface area (Å²) in [7, 11) is -3.64. The summed E-state index contributed by atoms with van der Waals surface area (Å²) in [5, 5.41) is 3.39. The Bertz CT molecular complexity index is 1270. The van der Waals surface area contributed by atoms with E-state index >= 15 is 0 Å². The van der Waals surface area contributed by atoms with Gasteiger partial charge in [-0.05, 0) is 44.0 Å². The number of carbonyl (C=O) groups excluding carboxylic acids is 2. The lowest BCUT2D eigenvalue weighted by Gasteiger charge is -2.20. The smallest absolute Gasteiger partial charge is 0.375 e. The summed E-state index contributed by atoms with van der Waals surface area (Å²) >= 11 is 0. The fraction of sp³-hybridized carbons (Fsp3) is 0.333. The monoisotopic (exact) mass is 470 g/mol. The first-order valence-electron chi connectivity index (χ1n) is 10.9. The van der Waals surface area contributed by atoms with Crippen molar-refractivity contribution in [3.63, 3.8) is 0 Å². The standard InChI is InChI=1S/C24H26N2O6S/c1-17-20-11-4-5-12-21(20)32-23(17)24(28)31-16-22(27)25-18-9-8-10-19(15-18)33(29,30)26-13-6-2-3-7-14-26/h4-5,8-12,15H,2-3,6-7,13-14,16H2,1H3,(H,25,27). The first kappa shape index (κ1) is 23.0. The molecule has 1 aromatic heterocycles. The maximum Gasteiger partial charge on any atom is 0.375 e. The van der Waals surface area contributed by atoms with E-state index in [2.05, 4.69) is 5.32 Å². The molecule has 33 heavy (non-hydrogen) atoms. The Morgan fingerprint density at radius 1 is 1.03 bits per heavy atom. The number of ether oxygens (including phenoxy) is 1. The van der Waals surface area contributed by atoms with Crippen LogP contribution in [0, 0.1) is 6.92 Å². The molecule has 0 saturated carbocycles. The number of benzene rings is 2. The summed E-state index contributed by atoms with van der Waals surface area (Å²) in [5.41, 5.74) is 1.52. The number of para-hydroxylation sites is 1. The van der Waals surface area contributed by atoms with Crippen LogP contribution >= 0.6 is 0 Å². The Hall–Kier alpha value is -3.17. The number of hydrogen-bond donors (Lipinski definition) is 1. The van der Waals surface area contributed by atoms with E-state index in [-0.39, 0.29) is 10.7 Å². The molecule has 174 valence electrons. The summed E-state index contributed by atoms with van der Waals surface area (Å²) in [5.74, 6) is -1.27. The summed E-state index contributed by atoms with van der Waals surface area (Å²) in [6, 6.07) is 13.3. The minimum absolute atomic E-state index is 0.0505. The van der Waals surface area contributed by atoms with Crippen LogP contribution in [0.5, 0.6) is 0 Å². The molecule has 3 aromatic rings. The van der Waals surface area contributed by atoms with Crippen molar-refractivity contribution in [1.82, 2.24) is 4.31 Å². The minimum Gasteiger partial charge on any atom is -0.450 e. The summed E-state index contributed by atoms with van der Waals surface area (Å²) in [4.78, 5) is 24.9. The number of anilines is 1. The van der Waals surface area contributed by atoms with Crippen molar-refractivity contribution in [2.75, 3.05) is 25.0 Å². The molecule has 0 spiro atoms. The lowest BCUT2D eigenvalue weighted by molar-refractivity contribution is -0.119. The fourth-order valence-corrected chi connectivity index (χ4v) is 5.49. The maximum atomic E-state index is 13.0. The van der Waals surface area contributed by atoms with E-state index in [1.165, 1.54) is 16.4 Å². The van der Waals surface area contributed by atoms with Gasteiger partial charge in [-0.2, -0.15) is 4.31 Å². The highest BCUT2D eigenvalue weighted by Crippen LogP contribution is 2.26. The normalized spacial score (nSPS) is 15.2. The van der Waals surface area contributed by atoms with Crippen molar-refractivity contribution in [3.05, 3.63) is 59.9 Å². The molecule has 8 nitrogen and oxygen atoms in total. The number of nitrogens with zero attached hydrogens (tertiary/aromatic N) is 1. The van der Waals surface area contributed by atoms with Crippen LogP contribution in [0.15, 0.2) is 57.8 Å². The molecule has 1 fully saturated rings. The Balaban J connectivity index is 1.39. The van der Waals surface area contributed by atoms with Gasteiger partial charge in [-0.3, -0.25) is 4.79 Å². The van der Waals surface area contributed by atoms with Gasteiger partial charge in [0.2, 0.25) is 15.8 Å². The van der Waals surface area contributed by atoms with E-state index in [0.29, 0.717) is 29.9 Å². The van der Waals surface area contributed by atoms with E-state index in [1.54, 1.807) is 31.2 Å². The van der Waals surface area contributed by atoms with Crippen LogP contribution in [0.3, 0.4) is 0 Å².